The summed E-state index contributed by atoms with van der Waals surface area (Å²) in [4.78, 5) is 12.9. The number of hydrogen-bond donors (Lipinski definition) is 1. The first-order valence-corrected chi connectivity index (χ1v) is 8.98. The van der Waals surface area contributed by atoms with Crippen molar-refractivity contribution in [3.63, 3.8) is 0 Å². The normalized spacial score (nSPS) is 18.0. The van der Waals surface area contributed by atoms with Crippen LogP contribution in [0.15, 0.2) is 30.3 Å². The summed E-state index contributed by atoms with van der Waals surface area (Å²) in [6, 6.07) is 10.1. The molecule has 22 heavy (non-hydrogen) atoms. The number of carbonyl (C=O) groups excluding carboxylic acids is 1. The van der Waals surface area contributed by atoms with Gasteiger partial charge in [-0.1, -0.05) is 51.1 Å². The van der Waals surface area contributed by atoms with E-state index in [0.717, 1.165) is 30.7 Å². The number of thioether (sulfide) groups is 1. The minimum atomic E-state index is -0.425. The van der Waals surface area contributed by atoms with Crippen molar-refractivity contribution >= 4 is 17.7 Å². The van der Waals surface area contributed by atoms with E-state index in [-0.39, 0.29) is 10.7 Å². The molecule has 2 rings (SSSR count). The first-order chi connectivity index (χ1) is 10.4. The van der Waals surface area contributed by atoms with Crippen molar-refractivity contribution in [3.05, 3.63) is 35.9 Å². The van der Waals surface area contributed by atoms with Gasteiger partial charge in [-0.15, -0.1) is 0 Å². The lowest BCUT2D eigenvalue weighted by atomic mass is 9.73. The summed E-state index contributed by atoms with van der Waals surface area (Å²) in [7, 11) is 0. The summed E-state index contributed by atoms with van der Waals surface area (Å²) in [5.41, 5.74) is 0.686. The molecule has 0 aliphatic carbocycles. The standard InChI is InChI=1S/C18H27NO2S/c1-17(2,3)22-14-11-19-16(20)18(9-12-21-13-10-18)15-7-5-4-6-8-15/h4-8H,9-14H2,1-3H3,(H,19,20). The number of nitrogens with one attached hydrogen (secondary N) is 1. The van der Waals surface area contributed by atoms with Crippen LogP contribution in [0.5, 0.6) is 0 Å². The maximum atomic E-state index is 12.9. The minimum Gasteiger partial charge on any atom is -0.381 e. The van der Waals surface area contributed by atoms with Gasteiger partial charge in [0.05, 0.1) is 5.41 Å². The summed E-state index contributed by atoms with van der Waals surface area (Å²) >= 11 is 1.88. The van der Waals surface area contributed by atoms with Gasteiger partial charge in [0.15, 0.2) is 0 Å². The Morgan fingerprint density at radius 3 is 2.45 bits per heavy atom. The molecule has 122 valence electrons. The van der Waals surface area contributed by atoms with Crippen LogP contribution in [-0.2, 0) is 14.9 Å². The average molecular weight is 321 g/mol. The third-order valence-electron chi connectivity index (χ3n) is 4.03. The van der Waals surface area contributed by atoms with E-state index in [2.05, 4.69) is 38.2 Å². The Hall–Kier alpha value is -1.00. The highest BCUT2D eigenvalue weighted by Crippen LogP contribution is 2.35. The van der Waals surface area contributed by atoms with Crippen LogP contribution >= 0.6 is 11.8 Å². The molecule has 1 N–H and O–H groups in total. The summed E-state index contributed by atoms with van der Waals surface area (Å²) in [5, 5.41) is 3.15. The van der Waals surface area contributed by atoms with Crippen molar-refractivity contribution in [3.8, 4) is 0 Å². The van der Waals surface area contributed by atoms with Gasteiger partial charge in [0.1, 0.15) is 0 Å². The Labute approximate surface area is 138 Å². The lowest BCUT2D eigenvalue weighted by Crippen LogP contribution is -2.48. The largest absolute Gasteiger partial charge is 0.381 e. The fourth-order valence-corrected chi connectivity index (χ4v) is 3.63. The SMILES string of the molecule is CC(C)(C)SCCNC(=O)C1(c2ccccc2)CCOCC1. The molecule has 0 unspecified atom stereocenters. The second-order valence-corrected chi connectivity index (χ2v) is 8.70. The number of hydrogen-bond acceptors (Lipinski definition) is 3. The second-order valence-electron chi connectivity index (χ2n) is 6.78. The van der Waals surface area contributed by atoms with Gasteiger partial charge in [-0.2, -0.15) is 11.8 Å². The highest BCUT2D eigenvalue weighted by atomic mass is 32.2. The Morgan fingerprint density at radius 1 is 1.23 bits per heavy atom. The summed E-state index contributed by atoms with van der Waals surface area (Å²) < 4.78 is 5.72. The number of ether oxygens (including phenoxy) is 1. The first kappa shape index (κ1) is 17.4. The third-order valence-corrected chi connectivity index (χ3v) is 5.30. The van der Waals surface area contributed by atoms with E-state index in [1.807, 2.05) is 30.0 Å². The van der Waals surface area contributed by atoms with Gasteiger partial charge in [-0.3, -0.25) is 4.79 Å². The van der Waals surface area contributed by atoms with E-state index in [1.165, 1.54) is 0 Å². The zero-order chi connectivity index (χ0) is 16.1. The Balaban J connectivity index is 2.02. The molecule has 1 amide bonds. The van der Waals surface area contributed by atoms with Crippen LogP contribution in [0.25, 0.3) is 0 Å². The summed E-state index contributed by atoms with van der Waals surface area (Å²) in [6.45, 7) is 8.62. The van der Waals surface area contributed by atoms with Crippen LogP contribution < -0.4 is 5.32 Å². The van der Waals surface area contributed by atoms with Gasteiger partial charge < -0.3 is 10.1 Å². The number of benzene rings is 1. The average Bonchev–Trinajstić information content (AvgIpc) is 2.52. The lowest BCUT2D eigenvalue weighted by molar-refractivity contribution is -0.130. The van der Waals surface area contributed by atoms with Crippen LogP contribution in [0, 0.1) is 0 Å². The third kappa shape index (κ3) is 4.50. The molecule has 1 aliphatic heterocycles. The van der Waals surface area contributed by atoms with Crippen molar-refractivity contribution in [2.45, 2.75) is 43.8 Å². The molecule has 1 aliphatic rings. The van der Waals surface area contributed by atoms with Crippen molar-refractivity contribution in [2.75, 3.05) is 25.5 Å². The van der Waals surface area contributed by atoms with Crippen LogP contribution in [0.4, 0.5) is 0 Å². The maximum Gasteiger partial charge on any atom is 0.230 e. The van der Waals surface area contributed by atoms with E-state index in [4.69, 9.17) is 4.74 Å². The fourth-order valence-electron chi connectivity index (χ4n) is 2.81. The molecule has 1 heterocycles. The number of amides is 1. The zero-order valence-corrected chi connectivity index (χ0v) is 14.7. The van der Waals surface area contributed by atoms with Gasteiger partial charge in [-0.25, -0.2) is 0 Å². The fraction of sp³-hybridized carbons (Fsp3) is 0.611. The van der Waals surface area contributed by atoms with E-state index < -0.39 is 5.41 Å². The van der Waals surface area contributed by atoms with E-state index >= 15 is 0 Å². The molecule has 0 saturated carbocycles. The molecule has 0 bridgehead atoms. The molecule has 0 aromatic heterocycles. The highest BCUT2D eigenvalue weighted by Gasteiger charge is 2.41. The minimum absolute atomic E-state index is 0.150. The molecule has 0 radical (unpaired) electrons. The predicted molar refractivity (Wildman–Crippen MR) is 93.4 cm³/mol. The molecule has 1 aromatic carbocycles. The smallest absolute Gasteiger partial charge is 0.230 e. The van der Waals surface area contributed by atoms with Crippen LogP contribution in [-0.4, -0.2) is 36.2 Å². The summed E-state index contributed by atoms with van der Waals surface area (Å²) in [6.07, 6.45) is 1.52. The predicted octanol–water partition coefficient (Wildman–Crippen LogP) is 3.38. The molecule has 1 aromatic rings. The number of rotatable bonds is 5. The van der Waals surface area contributed by atoms with Crippen molar-refractivity contribution in [2.24, 2.45) is 0 Å². The molecule has 0 spiro atoms. The summed E-state index contributed by atoms with van der Waals surface area (Å²) in [5.74, 6) is 1.09. The van der Waals surface area contributed by atoms with Gasteiger partial charge in [0, 0.05) is 30.3 Å². The maximum absolute atomic E-state index is 12.9. The first-order valence-electron chi connectivity index (χ1n) is 8.00. The lowest BCUT2D eigenvalue weighted by Gasteiger charge is -2.36. The van der Waals surface area contributed by atoms with E-state index in [9.17, 15) is 4.79 Å². The molecular weight excluding hydrogens is 294 g/mol. The monoisotopic (exact) mass is 321 g/mol. The van der Waals surface area contributed by atoms with Crippen molar-refractivity contribution in [1.82, 2.24) is 5.32 Å². The van der Waals surface area contributed by atoms with Crippen molar-refractivity contribution < 1.29 is 9.53 Å². The highest BCUT2D eigenvalue weighted by molar-refractivity contribution is 8.00. The van der Waals surface area contributed by atoms with Crippen LogP contribution in [0.3, 0.4) is 0 Å². The second kappa shape index (κ2) is 7.51. The van der Waals surface area contributed by atoms with Crippen molar-refractivity contribution in [1.29, 1.82) is 0 Å². The Kier molecular flexibility index (Phi) is 5.93. The van der Waals surface area contributed by atoms with Gasteiger partial charge in [0.2, 0.25) is 5.91 Å². The Bertz CT molecular complexity index is 476. The number of carbonyl (C=O) groups is 1. The van der Waals surface area contributed by atoms with Crippen LogP contribution in [0.1, 0.15) is 39.2 Å². The molecule has 0 atom stereocenters. The van der Waals surface area contributed by atoms with Gasteiger partial charge in [0.25, 0.3) is 0 Å². The van der Waals surface area contributed by atoms with Crippen LogP contribution in [0.2, 0.25) is 0 Å². The quantitative estimate of drug-likeness (QED) is 0.845. The van der Waals surface area contributed by atoms with E-state index in [1.54, 1.807) is 0 Å². The Morgan fingerprint density at radius 2 is 1.86 bits per heavy atom. The molecule has 1 fully saturated rings. The van der Waals surface area contributed by atoms with Gasteiger partial charge >= 0.3 is 0 Å². The zero-order valence-electron chi connectivity index (χ0n) is 13.9. The molecule has 3 nitrogen and oxygen atoms in total. The molecular formula is C18H27NO2S. The topological polar surface area (TPSA) is 38.3 Å². The van der Waals surface area contributed by atoms with E-state index in [0.29, 0.717) is 13.2 Å². The van der Waals surface area contributed by atoms with Gasteiger partial charge in [-0.05, 0) is 18.4 Å². The molecule has 4 heteroatoms. The molecule has 1 saturated heterocycles.